The van der Waals surface area contributed by atoms with Crippen LogP contribution in [0, 0.1) is 0 Å². The summed E-state index contributed by atoms with van der Waals surface area (Å²) in [4.78, 5) is 12.1. The quantitative estimate of drug-likeness (QED) is 0.622. The van der Waals surface area contributed by atoms with Crippen LogP contribution in [0.25, 0.3) is 6.08 Å². The lowest BCUT2D eigenvalue weighted by Crippen LogP contribution is -2.30. The number of rotatable bonds is 7. The van der Waals surface area contributed by atoms with Gasteiger partial charge in [0.05, 0.1) is 11.6 Å². The fourth-order valence-electron chi connectivity index (χ4n) is 3.20. The second-order valence-electron chi connectivity index (χ2n) is 6.63. The van der Waals surface area contributed by atoms with Gasteiger partial charge in [0, 0.05) is 12.1 Å². The van der Waals surface area contributed by atoms with Crippen molar-refractivity contribution in [3.63, 3.8) is 0 Å². The maximum atomic E-state index is 12.1. The van der Waals surface area contributed by atoms with Crippen LogP contribution in [-0.2, 0) is 11.4 Å². The second-order valence-corrected chi connectivity index (χ2v) is 7.49. The van der Waals surface area contributed by atoms with Crippen molar-refractivity contribution in [2.45, 2.75) is 38.3 Å². The fraction of sp³-hybridized carbons (Fsp3) is 0.318. The van der Waals surface area contributed by atoms with Crippen LogP contribution in [0.2, 0.25) is 0 Å². The number of nitrogens with one attached hydrogen (secondary N) is 1. The van der Waals surface area contributed by atoms with E-state index < -0.39 is 0 Å². The molecule has 0 atom stereocenters. The van der Waals surface area contributed by atoms with Crippen LogP contribution in [0.4, 0.5) is 0 Å². The summed E-state index contributed by atoms with van der Waals surface area (Å²) in [6.45, 7) is 0.453. The van der Waals surface area contributed by atoms with E-state index in [2.05, 4.69) is 21.2 Å². The zero-order chi connectivity index (χ0) is 19.1. The molecule has 0 aromatic heterocycles. The first kappa shape index (κ1) is 19.5. The number of hydrogen-bond donors (Lipinski definition) is 1. The Morgan fingerprint density at radius 3 is 2.67 bits per heavy atom. The molecule has 1 aliphatic carbocycles. The van der Waals surface area contributed by atoms with Gasteiger partial charge in [-0.15, -0.1) is 0 Å². The molecule has 0 saturated heterocycles. The van der Waals surface area contributed by atoms with Gasteiger partial charge in [-0.25, -0.2) is 0 Å². The number of amides is 1. The van der Waals surface area contributed by atoms with Crippen LogP contribution in [-0.4, -0.2) is 19.1 Å². The Bertz CT molecular complexity index is 799. The first-order valence-corrected chi connectivity index (χ1v) is 9.98. The molecule has 3 rings (SSSR count). The molecule has 2 aromatic carbocycles. The van der Waals surface area contributed by atoms with Crippen LogP contribution >= 0.6 is 15.9 Å². The number of ether oxygens (including phenoxy) is 2. The third-order valence-electron chi connectivity index (χ3n) is 4.61. The molecule has 142 valence electrons. The van der Waals surface area contributed by atoms with E-state index in [-0.39, 0.29) is 5.91 Å². The number of halogens is 1. The normalized spacial score (nSPS) is 14.4. The van der Waals surface area contributed by atoms with Crippen molar-refractivity contribution >= 4 is 27.9 Å². The summed E-state index contributed by atoms with van der Waals surface area (Å²) in [5, 5.41) is 3.05. The summed E-state index contributed by atoms with van der Waals surface area (Å²) in [6.07, 6.45) is 7.91. The SMILES string of the molecule is COc1cc(/C=C/C(=O)NC2CCCC2)cc(Br)c1OCc1ccccc1. The average molecular weight is 430 g/mol. The fourth-order valence-corrected chi connectivity index (χ4v) is 3.77. The molecule has 27 heavy (non-hydrogen) atoms. The van der Waals surface area contributed by atoms with Gasteiger partial charge in [-0.05, 0) is 58.1 Å². The molecule has 0 aliphatic heterocycles. The van der Waals surface area contributed by atoms with Gasteiger partial charge in [-0.1, -0.05) is 43.2 Å². The zero-order valence-electron chi connectivity index (χ0n) is 15.4. The van der Waals surface area contributed by atoms with E-state index in [0.29, 0.717) is 24.1 Å². The Balaban J connectivity index is 1.67. The maximum absolute atomic E-state index is 12.1. The van der Waals surface area contributed by atoms with E-state index in [4.69, 9.17) is 9.47 Å². The molecule has 1 fully saturated rings. The van der Waals surface area contributed by atoms with Crippen LogP contribution in [0.5, 0.6) is 11.5 Å². The Morgan fingerprint density at radius 1 is 1.22 bits per heavy atom. The van der Waals surface area contributed by atoms with Crippen molar-refractivity contribution in [3.8, 4) is 11.5 Å². The van der Waals surface area contributed by atoms with Gasteiger partial charge in [-0.3, -0.25) is 4.79 Å². The molecule has 0 unspecified atom stereocenters. The minimum atomic E-state index is -0.0543. The molecule has 0 spiro atoms. The topological polar surface area (TPSA) is 47.6 Å². The Kier molecular flexibility index (Phi) is 6.93. The molecule has 2 aromatic rings. The van der Waals surface area contributed by atoms with Crippen molar-refractivity contribution in [2.75, 3.05) is 7.11 Å². The zero-order valence-corrected chi connectivity index (χ0v) is 17.0. The highest BCUT2D eigenvalue weighted by molar-refractivity contribution is 9.10. The molecule has 0 bridgehead atoms. The average Bonchev–Trinajstić information content (AvgIpc) is 3.19. The molecular formula is C22H24BrNO3. The van der Waals surface area contributed by atoms with Gasteiger partial charge in [0.1, 0.15) is 6.61 Å². The molecule has 1 aliphatic rings. The molecule has 0 radical (unpaired) electrons. The summed E-state index contributed by atoms with van der Waals surface area (Å²) < 4.78 is 12.2. The first-order valence-electron chi connectivity index (χ1n) is 9.18. The monoisotopic (exact) mass is 429 g/mol. The lowest BCUT2D eigenvalue weighted by molar-refractivity contribution is -0.117. The minimum Gasteiger partial charge on any atom is -0.493 e. The van der Waals surface area contributed by atoms with Crippen molar-refractivity contribution in [1.82, 2.24) is 5.32 Å². The van der Waals surface area contributed by atoms with Crippen molar-refractivity contribution in [2.24, 2.45) is 0 Å². The largest absolute Gasteiger partial charge is 0.493 e. The van der Waals surface area contributed by atoms with Gasteiger partial charge in [0.2, 0.25) is 5.91 Å². The van der Waals surface area contributed by atoms with Crippen LogP contribution < -0.4 is 14.8 Å². The van der Waals surface area contributed by atoms with E-state index >= 15 is 0 Å². The van der Waals surface area contributed by atoms with E-state index in [1.807, 2.05) is 42.5 Å². The molecule has 0 heterocycles. The van der Waals surface area contributed by atoms with Crippen molar-refractivity contribution in [1.29, 1.82) is 0 Å². The lowest BCUT2D eigenvalue weighted by atomic mass is 10.1. The Labute approximate surface area is 168 Å². The summed E-state index contributed by atoms with van der Waals surface area (Å²) in [5.41, 5.74) is 1.95. The number of carbonyl (C=O) groups is 1. The summed E-state index contributed by atoms with van der Waals surface area (Å²) >= 11 is 3.55. The van der Waals surface area contributed by atoms with Gasteiger partial charge >= 0.3 is 0 Å². The van der Waals surface area contributed by atoms with E-state index in [9.17, 15) is 4.79 Å². The van der Waals surface area contributed by atoms with Crippen molar-refractivity contribution in [3.05, 3.63) is 64.1 Å². The standard InChI is InChI=1S/C22H24BrNO3/c1-26-20-14-17(11-12-21(25)24-18-9-5-6-10-18)13-19(23)22(20)27-15-16-7-3-2-4-8-16/h2-4,7-8,11-14,18H,5-6,9-10,15H2,1H3,(H,24,25)/b12-11+. The summed E-state index contributed by atoms with van der Waals surface area (Å²) in [5.74, 6) is 1.21. The predicted molar refractivity (Wildman–Crippen MR) is 111 cm³/mol. The molecule has 4 nitrogen and oxygen atoms in total. The Morgan fingerprint density at radius 2 is 1.96 bits per heavy atom. The van der Waals surface area contributed by atoms with E-state index in [1.54, 1.807) is 19.3 Å². The number of hydrogen-bond acceptors (Lipinski definition) is 3. The first-order chi connectivity index (χ1) is 13.2. The second kappa shape index (κ2) is 9.60. The van der Waals surface area contributed by atoms with E-state index in [0.717, 1.165) is 28.4 Å². The van der Waals surface area contributed by atoms with Crippen molar-refractivity contribution < 1.29 is 14.3 Å². The molecular weight excluding hydrogens is 406 g/mol. The van der Waals surface area contributed by atoms with Crippen LogP contribution in [0.1, 0.15) is 36.8 Å². The third kappa shape index (κ3) is 5.60. The number of benzene rings is 2. The molecule has 1 N–H and O–H groups in total. The van der Waals surface area contributed by atoms with Gasteiger partial charge < -0.3 is 14.8 Å². The highest BCUT2D eigenvalue weighted by Crippen LogP contribution is 2.37. The smallest absolute Gasteiger partial charge is 0.244 e. The van der Waals surface area contributed by atoms with Crippen LogP contribution in [0.15, 0.2) is 53.0 Å². The van der Waals surface area contributed by atoms with Gasteiger partial charge in [0.15, 0.2) is 11.5 Å². The van der Waals surface area contributed by atoms with Gasteiger partial charge in [0.25, 0.3) is 0 Å². The van der Waals surface area contributed by atoms with E-state index in [1.165, 1.54) is 12.8 Å². The molecule has 1 saturated carbocycles. The predicted octanol–water partition coefficient (Wildman–Crippen LogP) is 5.11. The van der Waals surface area contributed by atoms with Crippen LogP contribution in [0.3, 0.4) is 0 Å². The summed E-state index contributed by atoms with van der Waals surface area (Å²) in [7, 11) is 1.61. The number of methoxy groups -OCH3 is 1. The maximum Gasteiger partial charge on any atom is 0.244 e. The highest BCUT2D eigenvalue weighted by atomic mass is 79.9. The third-order valence-corrected chi connectivity index (χ3v) is 5.20. The lowest BCUT2D eigenvalue weighted by Gasteiger charge is -2.14. The molecule has 1 amide bonds. The Hall–Kier alpha value is -2.27. The molecule has 5 heteroatoms. The van der Waals surface area contributed by atoms with Gasteiger partial charge in [-0.2, -0.15) is 0 Å². The number of carbonyl (C=O) groups excluding carboxylic acids is 1. The minimum absolute atomic E-state index is 0.0543. The summed E-state index contributed by atoms with van der Waals surface area (Å²) in [6, 6.07) is 14.1. The highest BCUT2D eigenvalue weighted by Gasteiger charge is 2.16.